The highest BCUT2D eigenvalue weighted by Gasteiger charge is 2.16. The minimum absolute atomic E-state index is 0.265. The molecular weight excluding hydrogens is 377 g/mol. The molecule has 0 radical (unpaired) electrons. The summed E-state index contributed by atoms with van der Waals surface area (Å²) >= 11 is 17.0. The quantitative estimate of drug-likeness (QED) is 0.572. The van der Waals surface area contributed by atoms with Crippen molar-refractivity contribution in [3.8, 4) is 0 Å². The largest absolute Gasteiger partial charge is 0.320 e. The standard InChI is InChI=1S/C15H10BrCl2NS/c16-11-4-3-8-5-10(2-1-9(8)6-11)14(19)12-7-13(17)20-15(12)18/h1-7,14H,19H2. The number of halogens is 3. The highest BCUT2D eigenvalue weighted by Crippen LogP contribution is 2.37. The van der Waals surface area contributed by atoms with Crippen LogP contribution in [0.25, 0.3) is 10.8 Å². The number of hydrogen-bond donors (Lipinski definition) is 1. The maximum Gasteiger partial charge on any atom is 0.0995 e. The molecule has 0 saturated carbocycles. The summed E-state index contributed by atoms with van der Waals surface area (Å²) in [5.74, 6) is 0. The Balaban J connectivity index is 2.05. The van der Waals surface area contributed by atoms with Gasteiger partial charge in [0.15, 0.2) is 0 Å². The van der Waals surface area contributed by atoms with Gasteiger partial charge in [-0.2, -0.15) is 0 Å². The average molecular weight is 387 g/mol. The van der Waals surface area contributed by atoms with Crippen LogP contribution in [-0.2, 0) is 0 Å². The van der Waals surface area contributed by atoms with Gasteiger partial charge in [0.25, 0.3) is 0 Å². The van der Waals surface area contributed by atoms with Gasteiger partial charge < -0.3 is 5.73 Å². The Morgan fingerprint density at radius 1 is 1.00 bits per heavy atom. The second kappa shape index (κ2) is 5.66. The molecule has 20 heavy (non-hydrogen) atoms. The molecule has 3 rings (SSSR count). The molecule has 0 aliphatic carbocycles. The van der Waals surface area contributed by atoms with Crippen LogP contribution >= 0.6 is 50.5 Å². The van der Waals surface area contributed by atoms with Crippen molar-refractivity contribution < 1.29 is 0 Å². The van der Waals surface area contributed by atoms with Gasteiger partial charge in [0.05, 0.1) is 14.7 Å². The van der Waals surface area contributed by atoms with Crippen LogP contribution in [0, 0.1) is 0 Å². The van der Waals surface area contributed by atoms with Crippen LogP contribution in [0.4, 0.5) is 0 Å². The Morgan fingerprint density at radius 3 is 2.40 bits per heavy atom. The van der Waals surface area contributed by atoms with E-state index in [-0.39, 0.29) is 6.04 Å². The van der Waals surface area contributed by atoms with Crippen molar-refractivity contribution in [3.05, 3.63) is 66.7 Å². The Bertz CT molecular complexity index is 785. The summed E-state index contributed by atoms with van der Waals surface area (Å²) < 4.78 is 2.37. The second-order valence-electron chi connectivity index (χ2n) is 4.51. The molecule has 1 atom stereocenters. The van der Waals surface area contributed by atoms with E-state index in [9.17, 15) is 0 Å². The van der Waals surface area contributed by atoms with E-state index in [1.54, 1.807) is 0 Å². The molecule has 1 unspecified atom stereocenters. The normalized spacial score (nSPS) is 12.8. The SMILES string of the molecule is NC(c1ccc2cc(Br)ccc2c1)c1cc(Cl)sc1Cl. The lowest BCUT2D eigenvalue weighted by Gasteiger charge is -2.12. The first-order valence-electron chi connectivity index (χ1n) is 5.94. The first-order valence-corrected chi connectivity index (χ1v) is 8.30. The second-order valence-corrected chi connectivity index (χ2v) is 7.71. The van der Waals surface area contributed by atoms with E-state index in [2.05, 4.69) is 40.2 Å². The summed E-state index contributed by atoms with van der Waals surface area (Å²) in [6.07, 6.45) is 0. The summed E-state index contributed by atoms with van der Waals surface area (Å²) in [5, 5.41) is 2.32. The van der Waals surface area contributed by atoms with E-state index in [0.717, 1.165) is 21.0 Å². The third kappa shape index (κ3) is 2.74. The molecule has 102 valence electrons. The lowest BCUT2D eigenvalue weighted by molar-refractivity contribution is 0.879. The molecular formula is C15H10BrCl2NS. The molecule has 5 heteroatoms. The minimum atomic E-state index is -0.265. The molecule has 1 heterocycles. The monoisotopic (exact) mass is 385 g/mol. The van der Waals surface area contributed by atoms with Crippen LogP contribution in [0.15, 0.2) is 46.9 Å². The molecule has 1 aromatic heterocycles. The van der Waals surface area contributed by atoms with E-state index in [1.807, 2.05) is 18.2 Å². The third-order valence-corrected chi connectivity index (χ3v) is 5.21. The van der Waals surface area contributed by atoms with Crippen molar-refractivity contribution in [2.24, 2.45) is 5.73 Å². The summed E-state index contributed by atoms with van der Waals surface area (Å²) in [6.45, 7) is 0. The fourth-order valence-corrected chi connectivity index (χ4v) is 4.10. The zero-order valence-corrected chi connectivity index (χ0v) is 14.2. The van der Waals surface area contributed by atoms with E-state index in [0.29, 0.717) is 8.67 Å². The lowest BCUT2D eigenvalue weighted by atomic mass is 9.99. The van der Waals surface area contributed by atoms with Crippen molar-refractivity contribution in [3.63, 3.8) is 0 Å². The van der Waals surface area contributed by atoms with Gasteiger partial charge in [-0.15, -0.1) is 11.3 Å². The van der Waals surface area contributed by atoms with Gasteiger partial charge in [0, 0.05) is 10.0 Å². The lowest BCUT2D eigenvalue weighted by Crippen LogP contribution is -2.11. The predicted molar refractivity (Wildman–Crippen MR) is 92.0 cm³/mol. The van der Waals surface area contributed by atoms with Gasteiger partial charge in [-0.05, 0) is 40.6 Å². The van der Waals surface area contributed by atoms with Crippen molar-refractivity contribution in [2.75, 3.05) is 0 Å². The molecule has 0 fully saturated rings. The molecule has 0 aliphatic heterocycles. The number of hydrogen-bond acceptors (Lipinski definition) is 2. The van der Waals surface area contributed by atoms with E-state index >= 15 is 0 Å². The maximum atomic E-state index is 6.31. The average Bonchev–Trinajstić information content (AvgIpc) is 2.76. The number of rotatable bonds is 2. The number of benzene rings is 2. The molecule has 0 amide bonds. The van der Waals surface area contributed by atoms with E-state index in [4.69, 9.17) is 28.9 Å². The molecule has 2 N–H and O–H groups in total. The van der Waals surface area contributed by atoms with Gasteiger partial charge in [-0.25, -0.2) is 0 Å². The highest BCUT2D eigenvalue weighted by atomic mass is 79.9. The molecule has 1 nitrogen and oxygen atoms in total. The van der Waals surface area contributed by atoms with Crippen LogP contribution < -0.4 is 5.73 Å². The summed E-state index contributed by atoms with van der Waals surface area (Å²) in [5.41, 5.74) is 8.20. The number of nitrogens with two attached hydrogens (primary N) is 1. The third-order valence-electron chi connectivity index (χ3n) is 3.20. The van der Waals surface area contributed by atoms with Crippen LogP contribution in [0.1, 0.15) is 17.2 Å². The Labute approximate surface area is 139 Å². The van der Waals surface area contributed by atoms with Gasteiger partial charge in [-0.1, -0.05) is 57.3 Å². The molecule has 0 saturated heterocycles. The zero-order chi connectivity index (χ0) is 14.3. The van der Waals surface area contributed by atoms with Crippen molar-refractivity contribution in [1.29, 1.82) is 0 Å². The number of thiophene rings is 1. The summed E-state index contributed by atoms with van der Waals surface area (Å²) in [6, 6.07) is 13.9. The fourth-order valence-electron chi connectivity index (χ4n) is 2.17. The first-order chi connectivity index (χ1) is 9.54. The van der Waals surface area contributed by atoms with Crippen molar-refractivity contribution in [1.82, 2.24) is 0 Å². The smallest absolute Gasteiger partial charge is 0.0995 e. The zero-order valence-electron chi connectivity index (χ0n) is 10.2. The van der Waals surface area contributed by atoms with Gasteiger partial charge in [0.2, 0.25) is 0 Å². The highest BCUT2D eigenvalue weighted by molar-refractivity contribution is 9.10. The molecule has 0 aliphatic rings. The first kappa shape index (κ1) is 14.4. The molecule has 0 spiro atoms. The summed E-state index contributed by atoms with van der Waals surface area (Å²) in [7, 11) is 0. The summed E-state index contributed by atoms with van der Waals surface area (Å²) in [4.78, 5) is 0. The Kier molecular flexibility index (Phi) is 4.07. The minimum Gasteiger partial charge on any atom is -0.320 e. The molecule has 2 aromatic carbocycles. The van der Waals surface area contributed by atoms with Crippen LogP contribution in [0.5, 0.6) is 0 Å². The fraction of sp³-hybridized carbons (Fsp3) is 0.0667. The van der Waals surface area contributed by atoms with Crippen LogP contribution in [0.2, 0.25) is 8.67 Å². The Hall–Kier alpha value is -0.580. The van der Waals surface area contributed by atoms with Crippen LogP contribution in [-0.4, -0.2) is 0 Å². The van der Waals surface area contributed by atoms with E-state index < -0.39 is 0 Å². The topological polar surface area (TPSA) is 26.0 Å². The molecule has 3 aromatic rings. The van der Waals surface area contributed by atoms with Gasteiger partial charge >= 0.3 is 0 Å². The van der Waals surface area contributed by atoms with E-state index in [1.165, 1.54) is 16.7 Å². The number of fused-ring (bicyclic) bond motifs is 1. The van der Waals surface area contributed by atoms with Crippen molar-refractivity contribution in [2.45, 2.75) is 6.04 Å². The van der Waals surface area contributed by atoms with Crippen LogP contribution in [0.3, 0.4) is 0 Å². The maximum absolute atomic E-state index is 6.31. The van der Waals surface area contributed by atoms with Gasteiger partial charge in [0.1, 0.15) is 0 Å². The van der Waals surface area contributed by atoms with Crippen molar-refractivity contribution >= 4 is 61.2 Å². The van der Waals surface area contributed by atoms with Gasteiger partial charge in [-0.3, -0.25) is 0 Å². The Morgan fingerprint density at radius 2 is 1.70 bits per heavy atom. The molecule has 0 bridgehead atoms. The predicted octanol–water partition coefficient (Wildman–Crippen LogP) is 6.02.